The molecule has 0 N–H and O–H groups in total. The molecular weight excluding hydrogens is 370 g/mol. The lowest BCUT2D eigenvalue weighted by Crippen LogP contribution is -2.52. The highest BCUT2D eigenvalue weighted by atomic mass is 32.2. The Kier molecular flexibility index (Phi) is 5.83. The van der Waals surface area contributed by atoms with E-state index in [1.807, 2.05) is 0 Å². The molecule has 2 aliphatic heterocycles. The average Bonchev–Trinajstić information content (AvgIpc) is 3.22. The Balaban J connectivity index is 1.60. The van der Waals surface area contributed by atoms with Crippen molar-refractivity contribution in [2.45, 2.75) is 23.8 Å². The summed E-state index contributed by atoms with van der Waals surface area (Å²) in [5, 5.41) is 0. The van der Waals surface area contributed by atoms with Gasteiger partial charge in [0.2, 0.25) is 10.0 Å². The third kappa shape index (κ3) is 4.15. The maximum absolute atomic E-state index is 12.7. The Morgan fingerprint density at radius 1 is 1.04 bits per heavy atom. The molecule has 1 atom stereocenters. The van der Waals surface area contributed by atoms with Gasteiger partial charge in [-0.2, -0.15) is 0 Å². The quantitative estimate of drug-likeness (QED) is 0.737. The van der Waals surface area contributed by atoms with Gasteiger partial charge in [-0.15, -0.1) is 0 Å². The Morgan fingerprint density at radius 3 is 2.15 bits per heavy atom. The van der Waals surface area contributed by atoms with Crippen LogP contribution in [0, 0.1) is 0 Å². The zero-order chi connectivity index (χ0) is 19.6. The van der Waals surface area contributed by atoms with Crippen molar-refractivity contribution in [1.82, 2.24) is 14.1 Å². The number of ether oxygens (including phenoxy) is 1. The lowest BCUT2D eigenvalue weighted by atomic mass is 10.1. The molecule has 2 amide bonds. The van der Waals surface area contributed by atoms with Crippen LogP contribution in [0.25, 0.3) is 0 Å². The number of carbonyl (C=O) groups is 2. The van der Waals surface area contributed by atoms with E-state index in [9.17, 15) is 18.0 Å². The van der Waals surface area contributed by atoms with Crippen LogP contribution in [0.5, 0.6) is 0 Å². The topological polar surface area (TPSA) is 87.2 Å². The lowest BCUT2D eigenvalue weighted by Gasteiger charge is -2.35. The summed E-state index contributed by atoms with van der Waals surface area (Å²) >= 11 is 0. The summed E-state index contributed by atoms with van der Waals surface area (Å²) in [4.78, 5) is 28.6. The second-order valence-corrected chi connectivity index (χ2v) is 9.08. The molecule has 8 nitrogen and oxygen atoms in total. The van der Waals surface area contributed by atoms with Crippen molar-refractivity contribution in [3.8, 4) is 0 Å². The summed E-state index contributed by atoms with van der Waals surface area (Å²) in [5.74, 6) is -0.147. The average molecular weight is 395 g/mol. The zero-order valence-electron chi connectivity index (χ0n) is 15.6. The molecule has 0 spiro atoms. The highest BCUT2D eigenvalue weighted by molar-refractivity contribution is 7.89. The predicted octanol–water partition coefficient (Wildman–Crippen LogP) is 0.400. The molecule has 2 heterocycles. The van der Waals surface area contributed by atoms with Gasteiger partial charge in [-0.25, -0.2) is 12.7 Å². The number of amides is 2. The Labute approximate surface area is 159 Å². The summed E-state index contributed by atoms with van der Waals surface area (Å²) in [7, 11) is -0.589. The summed E-state index contributed by atoms with van der Waals surface area (Å²) in [6.45, 7) is 2.51. The first-order chi connectivity index (χ1) is 12.8. The molecule has 3 rings (SSSR count). The Morgan fingerprint density at radius 2 is 1.63 bits per heavy atom. The summed E-state index contributed by atoms with van der Waals surface area (Å²) in [6, 6.07) is 5.95. The standard InChI is InChI=1S/C18H25N3O5S/c1-19(2)27(24,25)15-7-5-14(6-8-15)17(22)20-9-11-21(12-10-20)18(23)16-4-3-13-26-16/h5-8,16H,3-4,9-13H2,1-2H3. The highest BCUT2D eigenvalue weighted by Crippen LogP contribution is 2.18. The van der Waals surface area contributed by atoms with Crippen LogP contribution in [0.1, 0.15) is 23.2 Å². The van der Waals surface area contributed by atoms with Gasteiger partial charge >= 0.3 is 0 Å². The van der Waals surface area contributed by atoms with Crippen molar-refractivity contribution in [3.63, 3.8) is 0 Å². The number of nitrogens with zero attached hydrogens (tertiary/aromatic N) is 3. The van der Waals surface area contributed by atoms with Crippen LogP contribution in [-0.2, 0) is 19.6 Å². The second kappa shape index (κ2) is 7.95. The van der Waals surface area contributed by atoms with E-state index in [0.29, 0.717) is 38.3 Å². The van der Waals surface area contributed by atoms with E-state index in [2.05, 4.69) is 0 Å². The molecule has 0 saturated carbocycles. The molecule has 1 aromatic carbocycles. The molecule has 9 heteroatoms. The van der Waals surface area contributed by atoms with E-state index >= 15 is 0 Å². The number of rotatable bonds is 4. The van der Waals surface area contributed by atoms with Crippen molar-refractivity contribution in [2.75, 3.05) is 46.9 Å². The third-order valence-electron chi connectivity index (χ3n) is 4.96. The van der Waals surface area contributed by atoms with Crippen molar-refractivity contribution in [2.24, 2.45) is 0 Å². The SMILES string of the molecule is CN(C)S(=O)(=O)c1ccc(C(=O)N2CCN(C(=O)C3CCCO3)CC2)cc1. The fourth-order valence-corrected chi connectivity index (χ4v) is 4.17. The van der Waals surface area contributed by atoms with Crippen molar-refractivity contribution >= 4 is 21.8 Å². The molecule has 0 bridgehead atoms. The number of benzene rings is 1. The van der Waals surface area contributed by atoms with Gasteiger partial charge in [0.25, 0.3) is 11.8 Å². The van der Waals surface area contributed by atoms with Gasteiger partial charge in [-0.05, 0) is 37.1 Å². The maximum atomic E-state index is 12.7. The van der Waals surface area contributed by atoms with Gasteiger partial charge in [0.1, 0.15) is 6.10 Å². The smallest absolute Gasteiger partial charge is 0.253 e. The third-order valence-corrected chi connectivity index (χ3v) is 6.79. The van der Waals surface area contributed by atoms with E-state index in [4.69, 9.17) is 4.74 Å². The van der Waals surface area contributed by atoms with Gasteiger partial charge < -0.3 is 14.5 Å². The van der Waals surface area contributed by atoms with E-state index < -0.39 is 10.0 Å². The molecule has 1 unspecified atom stereocenters. The van der Waals surface area contributed by atoms with Gasteiger partial charge in [0, 0.05) is 52.4 Å². The van der Waals surface area contributed by atoms with Crippen LogP contribution in [-0.4, -0.2) is 87.3 Å². The molecule has 148 valence electrons. The molecule has 1 aromatic rings. The molecule has 0 radical (unpaired) electrons. The highest BCUT2D eigenvalue weighted by Gasteiger charge is 2.31. The van der Waals surface area contributed by atoms with Crippen LogP contribution in [0.15, 0.2) is 29.2 Å². The normalized spacial score (nSPS) is 20.9. The molecule has 2 aliphatic rings. The zero-order valence-corrected chi connectivity index (χ0v) is 16.4. The molecule has 2 saturated heterocycles. The maximum Gasteiger partial charge on any atom is 0.253 e. The lowest BCUT2D eigenvalue weighted by molar-refractivity contribution is -0.142. The number of sulfonamides is 1. The predicted molar refractivity (Wildman–Crippen MR) is 98.8 cm³/mol. The van der Waals surface area contributed by atoms with Crippen LogP contribution in [0.4, 0.5) is 0 Å². The number of hydrogen-bond acceptors (Lipinski definition) is 5. The number of hydrogen-bond donors (Lipinski definition) is 0. The number of carbonyl (C=O) groups excluding carboxylic acids is 2. The van der Waals surface area contributed by atoms with Crippen LogP contribution >= 0.6 is 0 Å². The van der Waals surface area contributed by atoms with Crippen LogP contribution in [0.3, 0.4) is 0 Å². The first-order valence-electron chi connectivity index (χ1n) is 9.03. The van der Waals surface area contributed by atoms with Gasteiger partial charge in [0.15, 0.2) is 0 Å². The monoisotopic (exact) mass is 395 g/mol. The fourth-order valence-electron chi connectivity index (χ4n) is 3.27. The van der Waals surface area contributed by atoms with E-state index in [1.54, 1.807) is 9.80 Å². The molecule has 0 aromatic heterocycles. The first-order valence-corrected chi connectivity index (χ1v) is 10.5. The van der Waals surface area contributed by atoms with Crippen molar-refractivity contribution in [1.29, 1.82) is 0 Å². The minimum absolute atomic E-state index is 0.0119. The Hall–Kier alpha value is -1.97. The van der Waals surface area contributed by atoms with E-state index in [1.165, 1.54) is 38.4 Å². The molecular formula is C18H25N3O5S. The van der Waals surface area contributed by atoms with Crippen LogP contribution in [0.2, 0.25) is 0 Å². The molecule has 2 fully saturated rings. The minimum atomic E-state index is -3.52. The summed E-state index contributed by atoms with van der Waals surface area (Å²) in [6.07, 6.45) is 1.34. The molecule has 0 aliphatic carbocycles. The van der Waals surface area contributed by atoms with Crippen molar-refractivity contribution in [3.05, 3.63) is 29.8 Å². The van der Waals surface area contributed by atoms with Crippen LogP contribution < -0.4 is 0 Å². The van der Waals surface area contributed by atoms with Gasteiger partial charge in [-0.1, -0.05) is 0 Å². The minimum Gasteiger partial charge on any atom is -0.368 e. The van der Waals surface area contributed by atoms with Crippen molar-refractivity contribution < 1.29 is 22.7 Å². The summed E-state index contributed by atoms with van der Waals surface area (Å²) in [5.41, 5.74) is 0.437. The Bertz CT molecular complexity index is 793. The van der Waals surface area contributed by atoms with Gasteiger partial charge in [0.05, 0.1) is 4.90 Å². The molecule has 27 heavy (non-hydrogen) atoms. The second-order valence-electron chi connectivity index (χ2n) is 6.93. The number of piperazine rings is 1. The first kappa shape index (κ1) is 19.8. The van der Waals surface area contributed by atoms with E-state index in [0.717, 1.165) is 17.1 Å². The largest absolute Gasteiger partial charge is 0.368 e. The van der Waals surface area contributed by atoms with Gasteiger partial charge in [-0.3, -0.25) is 9.59 Å². The van der Waals surface area contributed by atoms with E-state index in [-0.39, 0.29) is 22.8 Å². The fraction of sp³-hybridized carbons (Fsp3) is 0.556. The summed E-state index contributed by atoms with van der Waals surface area (Å²) < 4.78 is 30.8.